The van der Waals surface area contributed by atoms with Gasteiger partial charge in [-0.3, -0.25) is 4.79 Å². The molecular weight excluding hydrogens is 246 g/mol. The van der Waals surface area contributed by atoms with Crippen LogP contribution in [0.4, 0.5) is 4.79 Å². The molecule has 1 amide bonds. The van der Waals surface area contributed by atoms with Crippen molar-refractivity contribution in [3.05, 3.63) is 0 Å². The number of hydrogen-bond donors (Lipinski definition) is 0. The molecule has 0 saturated carbocycles. The third kappa shape index (κ3) is 4.73. The monoisotopic (exact) mass is 271 g/mol. The fourth-order valence-electron chi connectivity index (χ4n) is 2.29. The summed E-state index contributed by atoms with van der Waals surface area (Å²) in [5, 5.41) is 0. The predicted molar refractivity (Wildman–Crippen MR) is 71.7 cm³/mol. The van der Waals surface area contributed by atoms with Gasteiger partial charge in [0.25, 0.3) is 0 Å². The fourth-order valence-corrected chi connectivity index (χ4v) is 2.29. The van der Waals surface area contributed by atoms with Crippen molar-refractivity contribution in [3.63, 3.8) is 0 Å². The van der Waals surface area contributed by atoms with Gasteiger partial charge >= 0.3 is 12.1 Å². The summed E-state index contributed by atoms with van der Waals surface area (Å²) in [6.07, 6.45) is 1.36. The Kier molecular flexibility index (Phi) is 5.20. The molecule has 1 atom stereocenters. The molecule has 0 bridgehead atoms. The van der Waals surface area contributed by atoms with E-state index in [1.807, 2.05) is 27.7 Å². The molecule has 1 fully saturated rings. The number of likely N-dealkylation sites (tertiary alicyclic amines) is 1. The molecule has 0 aromatic heterocycles. The Morgan fingerprint density at radius 2 is 1.74 bits per heavy atom. The van der Waals surface area contributed by atoms with Gasteiger partial charge in [-0.05, 0) is 39.5 Å². The third-order valence-electron chi connectivity index (χ3n) is 3.47. The lowest BCUT2D eigenvalue weighted by Gasteiger charge is -2.34. The first-order chi connectivity index (χ1) is 8.74. The maximum atomic E-state index is 11.9. The summed E-state index contributed by atoms with van der Waals surface area (Å²) in [7, 11) is 1.41. The van der Waals surface area contributed by atoms with Gasteiger partial charge in [0, 0.05) is 13.1 Å². The molecule has 1 unspecified atom stereocenters. The van der Waals surface area contributed by atoms with Gasteiger partial charge in [0.2, 0.25) is 0 Å². The van der Waals surface area contributed by atoms with Crippen LogP contribution in [0.5, 0.6) is 0 Å². The Morgan fingerprint density at radius 1 is 1.21 bits per heavy atom. The van der Waals surface area contributed by atoms with Crippen LogP contribution in [0.15, 0.2) is 0 Å². The lowest BCUT2D eigenvalue weighted by molar-refractivity contribution is -0.147. The standard InChI is InChI=1S/C14H25NO4/c1-10(12(16)18-5)11-6-8-15(9-7-11)13(17)19-14(2,3)4/h10-11H,6-9H2,1-5H3. The number of methoxy groups -OCH3 is 1. The molecule has 0 radical (unpaired) electrons. The molecule has 1 heterocycles. The number of piperidine rings is 1. The number of esters is 1. The second-order valence-electron chi connectivity index (χ2n) is 6.12. The number of ether oxygens (including phenoxy) is 2. The minimum Gasteiger partial charge on any atom is -0.469 e. The van der Waals surface area contributed by atoms with Gasteiger partial charge < -0.3 is 14.4 Å². The van der Waals surface area contributed by atoms with E-state index in [0.29, 0.717) is 13.1 Å². The molecule has 1 aliphatic rings. The van der Waals surface area contributed by atoms with E-state index in [9.17, 15) is 9.59 Å². The highest BCUT2D eigenvalue weighted by Crippen LogP contribution is 2.26. The second kappa shape index (κ2) is 6.26. The molecule has 1 aliphatic heterocycles. The van der Waals surface area contributed by atoms with E-state index in [0.717, 1.165) is 12.8 Å². The minimum atomic E-state index is -0.465. The van der Waals surface area contributed by atoms with Gasteiger partial charge in [0.1, 0.15) is 5.60 Å². The molecule has 5 nitrogen and oxygen atoms in total. The molecule has 0 aromatic rings. The third-order valence-corrected chi connectivity index (χ3v) is 3.47. The summed E-state index contributed by atoms with van der Waals surface area (Å²) in [6, 6.07) is 0. The van der Waals surface area contributed by atoms with Gasteiger partial charge in [-0.2, -0.15) is 0 Å². The fraction of sp³-hybridized carbons (Fsp3) is 0.857. The maximum Gasteiger partial charge on any atom is 0.410 e. The molecule has 0 spiro atoms. The summed E-state index contributed by atoms with van der Waals surface area (Å²) >= 11 is 0. The Labute approximate surface area is 115 Å². The van der Waals surface area contributed by atoms with E-state index in [4.69, 9.17) is 9.47 Å². The van der Waals surface area contributed by atoms with Crippen LogP contribution in [-0.2, 0) is 14.3 Å². The number of hydrogen-bond acceptors (Lipinski definition) is 4. The van der Waals surface area contributed by atoms with Gasteiger partial charge in [0.05, 0.1) is 13.0 Å². The van der Waals surface area contributed by atoms with Crippen molar-refractivity contribution in [2.24, 2.45) is 11.8 Å². The van der Waals surface area contributed by atoms with Crippen molar-refractivity contribution in [3.8, 4) is 0 Å². The second-order valence-corrected chi connectivity index (χ2v) is 6.12. The van der Waals surface area contributed by atoms with Crippen LogP contribution in [0.3, 0.4) is 0 Å². The number of nitrogens with zero attached hydrogens (tertiary/aromatic N) is 1. The minimum absolute atomic E-state index is 0.106. The molecule has 0 aliphatic carbocycles. The van der Waals surface area contributed by atoms with Crippen molar-refractivity contribution < 1.29 is 19.1 Å². The van der Waals surface area contributed by atoms with Crippen molar-refractivity contribution in [1.82, 2.24) is 4.90 Å². The summed E-state index contributed by atoms with van der Waals surface area (Å²) in [4.78, 5) is 25.1. The number of amides is 1. The lowest BCUT2D eigenvalue weighted by atomic mass is 9.85. The van der Waals surface area contributed by atoms with Crippen LogP contribution in [0, 0.1) is 11.8 Å². The SMILES string of the molecule is COC(=O)C(C)C1CCN(C(=O)OC(C)(C)C)CC1. The topological polar surface area (TPSA) is 55.8 Å². The number of carbonyl (C=O) groups excluding carboxylic acids is 2. The van der Waals surface area contributed by atoms with Crippen molar-refractivity contribution in [1.29, 1.82) is 0 Å². The van der Waals surface area contributed by atoms with Crippen LogP contribution in [0.1, 0.15) is 40.5 Å². The summed E-state index contributed by atoms with van der Waals surface area (Å²) in [5.41, 5.74) is -0.465. The van der Waals surface area contributed by atoms with Crippen LogP contribution in [0.25, 0.3) is 0 Å². The largest absolute Gasteiger partial charge is 0.469 e. The molecule has 19 heavy (non-hydrogen) atoms. The van der Waals surface area contributed by atoms with Crippen molar-refractivity contribution >= 4 is 12.1 Å². The van der Waals surface area contributed by atoms with E-state index in [2.05, 4.69) is 0 Å². The first-order valence-corrected chi connectivity index (χ1v) is 6.80. The van der Waals surface area contributed by atoms with Gasteiger partial charge in [-0.15, -0.1) is 0 Å². The quantitative estimate of drug-likeness (QED) is 0.724. The van der Waals surface area contributed by atoms with Crippen molar-refractivity contribution in [2.75, 3.05) is 20.2 Å². The average molecular weight is 271 g/mol. The Bertz CT molecular complexity index is 327. The Morgan fingerprint density at radius 3 is 2.16 bits per heavy atom. The van der Waals surface area contributed by atoms with Crippen LogP contribution in [-0.4, -0.2) is 42.8 Å². The zero-order valence-corrected chi connectivity index (χ0v) is 12.6. The first kappa shape index (κ1) is 15.8. The highest BCUT2D eigenvalue weighted by molar-refractivity contribution is 5.72. The molecule has 5 heteroatoms. The molecular formula is C14H25NO4. The van der Waals surface area contributed by atoms with Crippen LogP contribution >= 0.6 is 0 Å². The molecule has 110 valence electrons. The molecule has 1 saturated heterocycles. The van der Waals surface area contributed by atoms with Gasteiger partial charge in [-0.25, -0.2) is 4.79 Å². The summed E-state index contributed by atoms with van der Waals surface area (Å²) in [6.45, 7) is 8.74. The number of rotatable bonds is 2. The highest BCUT2D eigenvalue weighted by Gasteiger charge is 2.31. The Balaban J connectivity index is 2.45. The van der Waals surface area contributed by atoms with E-state index in [1.165, 1.54) is 7.11 Å². The zero-order chi connectivity index (χ0) is 14.6. The van der Waals surface area contributed by atoms with Crippen LogP contribution < -0.4 is 0 Å². The molecule has 0 N–H and O–H groups in total. The van der Waals surface area contributed by atoms with Gasteiger partial charge in [-0.1, -0.05) is 6.92 Å². The van der Waals surface area contributed by atoms with Crippen LogP contribution in [0.2, 0.25) is 0 Å². The predicted octanol–water partition coefficient (Wildman–Crippen LogP) is 2.44. The van der Waals surface area contributed by atoms with E-state index < -0.39 is 5.60 Å². The summed E-state index contributed by atoms with van der Waals surface area (Å²) in [5.74, 6) is 0.00708. The van der Waals surface area contributed by atoms with E-state index in [1.54, 1.807) is 4.90 Å². The lowest BCUT2D eigenvalue weighted by Crippen LogP contribution is -2.43. The maximum absolute atomic E-state index is 11.9. The zero-order valence-electron chi connectivity index (χ0n) is 12.6. The Hall–Kier alpha value is -1.26. The highest BCUT2D eigenvalue weighted by atomic mass is 16.6. The van der Waals surface area contributed by atoms with E-state index in [-0.39, 0.29) is 23.9 Å². The van der Waals surface area contributed by atoms with E-state index >= 15 is 0 Å². The van der Waals surface area contributed by atoms with Gasteiger partial charge in [0.15, 0.2) is 0 Å². The smallest absolute Gasteiger partial charge is 0.410 e. The molecule has 0 aromatic carbocycles. The van der Waals surface area contributed by atoms with Crippen molar-refractivity contribution in [2.45, 2.75) is 46.1 Å². The average Bonchev–Trinajstić information content (AvgIpc) is 2.35. The number of carbonyl (C=O) groups is 2. The molecule has 1 rings (SSSR count). The summed E-state index contributed by atoms with van der Waals surface area (Å²) < 4.78 is 10.1. The normalized spacial score (nSPS) is 18.9. The first-order valence-electron chi connectivity index (χ1n) is 6.80.